The lowest BCUT2D eigenvalue weighted by molar-refractivity contribution is -0.171. The molecule has 152 valence electrons. The van der Waals surface area contributed by atoms with Crippen molar-refractivity contribution in [1.82, 2.24) is 10.2 Å². The first-order valence-corrected chi connectivity index (χ1v) is 10.4. The highest BCUT2D eigenvalue weighted by Crippen LogP contribution is 2.64. The molecule has 4 aliphatic rings. The molecule has 1 heterocycles. The number of nitrogens with one attached hydrogen (secondary N) is 1. The molecule has 2 aromatic rings. The molecular formula is C21H22ClN3O4. The Balaban J connectivity index is 1.18. The molecule has 4 bridgehead atoms. The van der Waals surface area contributed by atoms with Crippen LogP contribution in [-0.4, -0.2) is 33.6 Å². The van der Waals surface area contributed by atoms with Crippen LogP contribution >= 0.6 is 11.6 Å². The van der Waals surface area contributed by atoms with E-state index in [1.54, 1.807) is 0 Å². The molecular weight excluding hydrogens is 394 g/mol. The van der Waals surface area contributed by atoms with Crippen LogP contribution in [-0.2, 0) is 14.3 Å². The molecule has 2 unspecified atom stereocenters. The van der Waals surface area contributed by atoms with Crippen molar-refractivity contribution in [2.45, 2.75) is 43.4 Å². The molecule has 1 N–H and O–H groups in total. The van der Waals surface area contributed by atoms with Gasteiger partial charge in [0.15, 0.2) is 6.61 Å². The minimum atomic E-state index is -0.531. The molecule has 29 heavy (non-hydrogen) atoms. The molecule has 4 saturated carbocycles. The Morgan fingerprint density at radius 2 is 1.86 bits per heavy atom. The maximum Gasteiger partial charge on any atom is 0.322 e. The third kappa shape index (κ3) is 3.52. The van der Waals surface area contributed by atoms with Gasteiger partial charge in [0.25, 0.3) is 5.91 Å². The number of carbonyl (C=O) groups excluding carboxylic acids is 2. The predicted molar refractivity (Wildman–Crippen MR) is 105 cm³/mol. The zero-order valence-corrected chi connectivity index (χ0v) is 16.7. The van der Waals surface area contributed by atoms with Gasteiger partial charge in [-0.2, -0.15) is 0 Å². The summed E-state index contributed by atoms with van der Waals surface area (Å²) < 4.78 is 10.8. The van der Waals surface area contributed by atoms with E-state index in [1.165, 1.54) is 0 Å². The van der Waals surface area contributed by atoms with Crippen LogP contribution in [0.4, 0.5) is 6.01 Å². The molecule has 0 spiro atoms. The number of nitrogens with zero attached hydrogens (tertiary/aromatic N) is 2. The lowest BCUT2D eigenvalue weighted by Gasteiger charge is -2.58. The van der Waals surface area contributed by atoms with Gasteiger partial charge in [-0.1, -0.05) is 23.3 Å². The number of esters is 1. The zero-order valence-electron chi connectivity index (χ0n) is 15.9. The van der Waals surface area contributed by atoms with Crippen LogP contribution in [0.1, 0.15) is 38.5 Å². The SMILES string of the molecule is O=C(COC(=O)C12C[C@@H]3C[C@@H](CC(Cl)(C3)C1)C2)Nc1nnc(-c2ccccc2)o1. The van der Waals surface area contributed by atoms with Gasteiger partial charge < -0.3 is 9.15 Å². The van der Waals surface area contributed by atoms with E-state index in [0.717, 1.165) is 37.7 Å². The first-order valence-electron chi connectivity index (χ1n) is 9.98. The highest BCUT2D eigenvalue weighted by molar-refractivity contribution is 6.24. The Morgan fingerprint density at radius 3 is 2.55 bits per heavy atom. The average Bonchev–Trinajstić information content (AvgIpc) is 3.13. The third-order valence-electron chi connectivity index (χ3n) is 6.45. The first-order chi connectivity index (χ1) is 13.9. The van der Waals surface area contributed by atoms with Crippen molar-refractivity contribution in [1.29, 1.82) is 0 Å². The maximum absolute atomic E-state index is 12.9. The minimum absolute atomic E-state index is 0.0283. The molecule has 4 aliphatic carbocycles. The van der Waals surface area contributed by atoms with Crippen molar-refractivity contribution in [2.75, 3.05) is 11.9 Å². The van der Waals surface area contributed by atoms with E-state index in [1.807, 2.05) is 30.3 Å². The van der Waals surface area contributed by atoms with Gasteiger partial charge >= 0.3 is 12.0 Å². The van der Waals surface area contributed by atoms with E-state index in [0.29, 0.717) is 24.1 Å². The summed E-state index contributed by atoms with van der Waals surface area (Å²) in [5.74, 6) is 0.475. The average molecular weight is 416 g/mol. The number of hydrogen-bond acceptors (Lipinski definition) is 6. The van der Waals surface area contributed by atoms with Crippen LogP contribution in [0.15, 0.2) is 34.7 Å². The lowest BCUT2D eigenvalue weighted by atomic mass is 9.49. The van der Waals surface area contributed by atoms with Gasteiger partial charge in [0, 0.05) is 10.4 Å². The summed E-state index contributed by atoms with van der Waals surface area (Å²) in [5.41, 5.74) is 0.223. The number of anilines is 1. The van der Waals surface area contributed by atoms with Gasteiger partial charge in [-0.15, -0.1) is 16.7 Å². The summed E-state index contributed by atoms with van der Waals surface area (Å²) in [6, 6.07) is 9.22. The van der Waals surface area contributed by atoms with Gasteiger partial charge in [0.2, 0.25) is 5.89 Å². The van der Waals surface area contributed by atoms with E-state index < -0.39 is 11.3 Å². The van der Waals surface area contributed by atoms with Crippen LogP contribution in [0, 0.1) is 17.3 Å². The second-order valence-corrected chi connectivity index (χ2v) is 9.60. The summed E-state index contributed by atoms with van der Waals surface area (Å²) in [6.45, 7) is -0.381. The van der Waals surface area contributed by atoms with Crippen molar-refractivity contribution in [3.8, 4) is 11.5 Å². The summed E-state index contributed by atoms with van der Waals surface area (Å²) >= 11 is 6.77. The molecule has 7 nitrogen and oxygen atoms in total. The second-order valence-electron chi connectivity index (χ2n) is 8.79. The number of ether oxygens (including phenoxy) is 1. The number of hydrogen-bond donors (Lipinski definition) is 1. The predicted octanol–water partition coefficient (Wildman–Crippen LogP) is 3.80. The molecule has 0 saturated heterocycles. The summed E-state index contributed by atoms with van der Waals surface area (Å²) in [5, 5.41) is 10.2. The number of aromatic nitrogens is 2. The molecule has 4 atom stereocenters. The van der Waals surface area contributed by atoms with E-state index in [9.17, 15) is 9.59 Å². The van der Waals surface area contributed by atoms with Crippen LogP contribution < -0.4 is 5.32 Å². The van der Waals surface area contributed by atoms with E-state index in [-0.39, 0.29) is 23.5 Å². The monoisotopic (exact) mass is 415 g/mol. The Hall–Kier alpha value is -2.41. The zero-order chi connectivity index (χ0) is 20.1. The molecule has 0 radical (unpaired) electrons. The van der Waals surface area contributed by atoms with Crippen LogP contribution in [0.5, 0.6) is 0 Å². The van der Waals surface area contributed by atoms with Crippen LogP contribution in [0.2, 0.25) is 0 Å². The smallest absolute Gasteiger partial charge is 0.322 e. The van der Waals surface area contributed by atoms with Crippen molar-refractivity contribution >= 4 is 29.5 Å². The standard InChI is InChI=1S/C21H22ClN3O4/c22-21-9-13-6-14(10-21)8-20(7-13,12-21)18(27)28-11-16(26)23-19-25-24-17(29-19)15-4-2-1-3-5-15/h1-5,13-14H,6-12H2,(H,23,25,26)/t13-,14+,20?,21?. The Bertz CT molecular complexity index is 930. The van der Waals surface area contributed by atoms with E-state index >= 15 is 0 Å². The molecule has 1 aromatic carbocycles. The number of carbonyl (C=O) groups is 2. The van der Waals surface area contributed by atoms with Gasteiger partial charge in [0.1, 0.15) is 0 Å². The van der Waals surface area contributed by atoms with E-state index in [2.05, 4.69) is 15.5 Å². The van der Waals surface area contributed by atoms with Crippen molar-refractivity contribution in [3.05, 3.63) is 30.3 Å². The van der Waals surface area contributed by atoms with Crippen LogP contribution in [0.25, 0.3) is 11.5 Å². The van der Waals surface area contributed by atoms with E-state index in [4.69, 9.17) is 20.8 Å². The molecule has 1 aromatic heterocycles. The fourth-order valence-corrected chi connectivity index (χ4v) is 6.49. The number of rotatable bonds is 5. The Labute approximate surface area is 173 Å². The highest BCUT2D eigenvalue weighted by Gasteiger charge is 2.60. The fraction of sp³-hybridized carbons (Fsp3) is 0.524. The first kappa shape index (κ1) is 18.6. The second kappa shape index (κ2) is 6.83. The largest absolute Gasteiger partial charge is 0.455 e. The number of amides is 1. The van der Waals surface area contributed by atoms with Gasteiger partial charge in [0.05, 0.1) is 5.41 Å². The number of halogens is 1. The normalized spacial score (nSPS) is 32.2. The summed E-state index contributed by atoms with van der Waals surface area (Å²) in [6.07, 6.45) is 5.43. The third-order valence-corrected chi connectivity index (χ3v) is 6.89. The molecule has 1 amide bonds. The van der Waals surface area contributed by atoms with Crippen molar-refractivity contribution < 1.29 is 18.7 Å². The lowest BCUT2D eigenvalue weighted by Crippen LogP contribution is -2.56. The molecule has 0 aliphatic heterocycles. The van der Waals surface area contributed by atoms with Gasteiger partial charge in [-0.05, 0) is 62.5 Å². The maximum atomic E-state index is 12.9. The van der Waals surface area contributed by atoms with Crippen LogP contribution in [0.3, 0.4) is 0 Å². The summed E-state index contributed by atoms with van der Waals surface area (Å²) in [4.78, 5) is 24.8. The Morgan fingerprint density at radius 1 is 1.14 bits per heavy atom. The van der Waals surface area contributed by atoms with Gasteiger partial charge in [-0.25, -0.2) is 0 Å². The fourth-order valence-electron chi connectivity index (χ4n) is 5.80. The summed E-state index contributed by atoms with van der Waals surface area (Å²) in [7, 11) is 0. The molecule has 8 heteroatoms. The molecule has 6 rings (SSSR count). The van der Waals surface area contributed by atoms with Gasteiger partial charge in [-0.3, -0.25) is 14.9 Å². The highest BCUT2D eigenvalue weighted by atomic mass is 35.5. The molecule has 4 fully saturated rings. The number of benzene rings is 1. The topological polar surface area (TPSA) is 94.3 Å². The van der Waals surface area contributed by atoms with Crippen molar-refractivity contribution in [2.24, 2.45) is 17.3 Å². The Kier molecular flexibility index (Phi) is 4.38. The minimum Gasteiger partial charge on any atom is -0.455 e. The quantitative estimate of drug-likeness (QED) is 0.589. The van der Waals surface area contributed by atoms with Crippen molar-refractivity contribution in [3.63, 3.8) is 0 Å². The number of alkyl halides is 1.